The molecule has 0 aliphatic carbocycles. The first-order valence-corrected chi connectivity index (χ1v) is 8.52. The summed E-state index contributed by atoms with van der Waals surface area (Å²) in [4.78, 5) is 16.4. The van der Waals surface area contributed by atoms with Crippen LogP contribution in [-0.2, 0) is 5.41 Å². The van der Waals surface area contributed by atoms with E-state index in [0.717, 1.165) is 18.5 Å². The van der Waals surface area contributed by atoms with Crippen molar-refractivity contribution in [3.05, 3.63) is 53.7 Å². The van der Waals surface area contributed by atoms with Crippen LogP contribution in [0.25, 0.3) is 0 Å². The minimum atomic E-state index is -0.0584. The predicted octanol–water partition coefficient (Wildman–Crippen LogP) is 4.65. The monoisotopic (exact) mass is 325 g/mol. The molecule has 128 valence electrons. The molecule has 0 fully saturated rings. The van der Waals surface area contributed by atoms with Gasteiger partial charge in [0.05, 0.1) is 0 Å². The summed E-state index contributed by atoms with van der Waals surface area (Å²) in [6.45, 7) is 9.38. The highest BCUT2D eigenvalue weighted by Crippen LogP contribution is 2.24. The number of benzene rings is 1. The number of unbranched alkanes of at least 4 members (excludes halogenated alkanes) is 1. The van der Waals surface area contributed by atoms with Crippen molar-refractivity contribution in [2.24, 2.45) is 0 Å². The summed E-state index contributed by atoms with van der Waals surface area (Å²) in [6.07, 6.45) is 3.70. The van der Waals surface area contributed by atoms with E-state index < -0.39 is 0 Å². The minimum absolute atomic E-state index is 0.0584. The number of carbonyl (C=O) groups excluding carboxylic acids is 1. The van der Waals surface area contributed by atoms with Gasteiger partial charge in [-0.3, -0.25) is 4.79 Å². The number of nitrogens with zero attached hydrogens (tertiary/aromatic N) is 1. The molecule has 1 aromatic carbocycles. The highest BCUT2D eigenvalue weighted by atomic mass is 16.1. The number of carbonyl (C=O) groups is 1. The summed E-state index contributed by atoms with van der Waals surface area (Å²) in [5.41, 5.74) is 2.99. The zero-order valence-electron chi connectivity index (χ0n) is 15.0. The lowest BCUT2D eigenvalue weighted by Gasteiger charge is -2.19. The van der Waals surface area contributed by atoms with Crippen molar-refractivity contribution in [1.82, 2.24) is 10.3 Å². The van der Waals surface area contributed by atoms with Crippen molar-refractivity contribution in [1.29, 1.82) is 0 Å². The largest absolute Gasteiger partial charge is 0.352 e. The van der Waals surface area contributed by atoms with Gasteiger partial charge in [0.2, 0.25) is 0 Å². The van der Waals surface area contributed by atoms with Gasteiger partial charge in [-0.15, -0.1) is 0 Å². The van der Waals surface area contributed by atoms with E-state index >= 15 is 0 Å². The standard InChI is InChI=1S/C20H27N3O/c1-5-6-12-22-19(24)15-11-13-21-18(14-15)23-17-9-7-16(8-10-17)20(2,3)4/h7-11,13-14H,5-6,12H2,1-4H3,(H,21,23)(H,22,24). The van der Waals surface area contributed by atoms with Crippen LogP contribution in [0.15, 0.2) is 42.6 Å². The van der Waals surface area contributed by atoms with E-state index in [0.29, 0.717) is 17.9 Å². The van der Waals surface area contributed by atoms with E-state index in [9.17, 15) is 4.79 Å². The van der Waals surface area contributed by atoms with Gasteiger partial charge < -0.3 is 10.6 Å². The quantitative estimate of drug-likeness (QED) is 0.760. The third-order valence-corrected chi connectivity index (χ3v) is 3.86. The SMILES string of the molecule is CCCCNC(=O)c1ccnc(Nc2ccc(C(C)(C)C)cc2)c1. The average Bonchev–Trinajstić information content (AvgIpc) is 2.55. The maximum atomic E-state index is 12.1. The van der Waals surface area contributed by atoms with Crippen LogP contribution in [0.5, 0.6) is 0 Å². The fourth-order valence-electron chi connectivity index (χ4n) is 2.32. The lowest BCUT2D eigenvalue weighted by Crippen LogP contribution is -2.24. The van der Waals surface area contributed by atoms with E-state index in [2.05, 4.69) is 55.4 Å². The zero-order chi connectivity index (χ0) is 17.6. The third-order valence-electron chi connectivity index (χ3n) is 3.86. The summed E-state index contributed by atoms with van der Waals surface area (Å²) in [5.74, 6) is 0.610. The van der Waals surface area contributed by atoms with Crippen molar-refractivity contribution in [2.45, 2.75) is 46.0 Å². The van der Waals surface area contributed by atoms with Gasteiger partial charge in [-0.1, -0.05) is 46.2 Å². The molecule has 0 aliphatic heterocycles. The van der Waals surface area contributed by atoms with Gasteiger partial charge in [-0.2, -0.15) is 0 Å². The first-order chi connectivity index (χ1) is 11.4. The van der Waals surface area contributed by atoms with Crippen molar-refractivity contribution < 1.29 is 4.79 Å². The Hall–Kier alpha value is -2.36. The zero-order valence-corrected chi connectivity index (χ0v) is 15.0. The van der Waals surface area contributed by atoms with Crippen LogP contribution in [-0.4, -0.2) is 17.4 Å². The maximum absolute atomic E-state index is 12.1. The topological polar surface area (TPSA) is 54.0 Å². The highest BCUT2D eigenvalue weighted by molar-refractivity contribution is 5.94. The van der Waals surface area contributed by atoms with Crippen molar-refractivity contribution in [2.75, 3.05) is 11.9 Å². The Morgan fingerprint density at radius 2 is 1.83 bits per heavy atom. The van der Waals surface area contributed by atoms with Crippen molar-refractivity contribution >= 4 is 17.4 Å². The summed E-state index contributed by atoms with van der Waals surface area (Å²) in [7, 11) is 0. The normalized spacial score (nSPS) is 11.2. The fraction of sp³-hybridized carbons (Fsp3) is 0.400. The lowest BCUT2D eigenvalue weighted by atomic mass is 9.87. The number of nitrogens with one attached hydrogen (secondary N) is 2. The first kappa shape index (κ1) is 18.0. The van der Waals surface area contributed by atoms with Gasteiger partial charge in [-0.25, -0.2) is 4.98 Å². The van der Waals surface area contributed by atoms with E-state index in [1.54, 1.807) is 18.3 Å². The molecule has 1 amide bonds. The Morgan fingerprint density at radius 1 is 1.12 bits per heavy atom. The Morgan fingerprint density at radius 3 is 2.46 bits per heavy atom. The molecule has 2 N–H and O–H groups in total. The maximum Gasteiger partial charge on any atom is 0.251 e. The summed E-state index contributed by atoms with van der Waals surface area (Å²) >= 11 is 0. The third kappa shape index (κ3) is 5.08. The van der Waals surface area contributed by atoms with Gasteiger partial charge in [0.1, 0.15) is 5.82 Å². The second-order valence-corrected chi connectivity index (χ2v) is 6.99. The first-order valence-electron chi connectivity index (χ1n) is 8.52. The Bertz CT molecular complexity index is 672. The summed E-state index contributed by atoms with van der Waals surface area (Å²) in [5, 5.41) is 6.17. The molecule has 0 atom stereocenters. The van der Waals surface area contributed by atoms with E-state index in [4.69, 9.17) is 0 Å². The van der Waals surface area contributed by atoms with Crippen LogP contribution in [0.3, 0.4) is 0 Å². The number of amides is 1. The fourth-order valence-corrected chi connectivity index (χ4v) is 2.32. The lowest BCUT2D eigenvalue weighted by molar-refractivity contribution is 0.0953. The number of hydrogen-bond donors (Lipinski definition) is 2. The van der Waals surface area contributed by atoms with Crippen molar-refractivity contribution in [3.8, 4) is 0 Å². The number of anilines is 2. The molecule has 4 nitrogen and oxygen atoms in total. The van der Waals surface area contributed by atoms with E-state index in [-0.39, 0.29) is 11.3 Å². The van der Waals surface area contributed by atoms with Crippen LogP contribution in [0.4, 0.5) is 11.5 Å². The van der Waals surface area contributed by atoms with Gasteiger partial charge >= 0.3 is 0 Å². The minimum Gasteiger partial charge on any atom is -0.352 e. The highest BCUT2D eigenvalue weighted by Gasteiger charge is 2.13. The molecule has 0 saturated carbocycles. The smallest absolute Gasteiger partial charge is 0.251 e. The van der Waals surface area contributed by atoms with E-state index in [1.807, 2.05) is 12.1 Å². The van der Waals surface area contributed by atoms with Gasteiger partial charge in [0, 0.05) is 24.0 Å². The number of aromatic nitrogens is 1. The molecule has 2 aromatic rings. The molecule has 0 aliphatic rings. The van der Waals surface area contributed by atoms with Crippen LogP contribution in [0.1, 0.15) is 56.5 Å². The Labute approximate surface area is 144 Å². The van der Waals surface area contributed by atoms with Gasteiger partial charge in [0.25, 0.3) is 5.91 Å². The Kier molecular flexibility index (Phi) is 5.96. The number of pyridine rings is 1. The molecule has 0 saturated heterocycles. The molecule has 24 heavy (non-hydrogen) atoms. The summed E-state index contributed by atoms with van der Waals surface area (Å²) < 4.78 is 0. The van der Waals surface area contributed by atoms with Gasteiger partial charge in [-0.05, 0) is 41.7 Å². The molecule has 1 heterocycles. The predicted molar refractivity (Wildman–Crippen MR) is 99.9 cm³/mol. The molecule has 0 bridgehead atoms. The molecule has 4 heteroatoms. The van der Waals surface area contributed by atoms with Gasteiger partial charge in [0.15, 0.2) is 0 Å². The van der Waals surface area contributed by atoms with E-state index in [1.165, 1.54) is 5.56 Å². The van der Waals surface area contributed by atoms with Crippen LogP contribution in [0, 0.1) is 0 Å². The number of rotatable bonds is 6. The molecule has 0 unspecified atom stereocenters. The molecule has 2 rings (SSSR count). The van der Waals surface area contributed by atoms with Crippen LogP contribution >= 0.6 is 0 Å². The van der Waals surface area contributed by atoms with Crippen LogP contribution < -0.4 is 10.6 Å². The second-order valence-electron chi connectivity index (χ2n) is 6.99. The molecule has 0 radical (unpaired) electrons. The number of hydrogen-bond acceptors (Lipinski definition) is 3. The van der Waals surface area contributed by atoms with Crippen LogP contribution in [0.2, 0.25) is 0 Å². The Balaban J connectivity index is 2.05. The second kappa shape index (κ2) is 7.95. The molecular weight excluding hydrogens is 298 g/mol. The molecule has 1 aromatic heterocycles. The van der Waals surface area contributed by atoms with Crippen molar-refractivity contribution in [3.63, 3.8) is 0 Å². The average molecular weight is 325 g/mol. The molecular formula is C20H27N3O. The summed E-state index contributed by atoms with van der Waals surface area (Å²) in [6, 6.07) is 11.8. The molecule has 0 spiro atoms.